The van der Waals surface area contributed by atoms with E-state index in [0.29, 0.717) is 12.1 Å². The van der Waals surface area contributed by atoms with E-state index in [1.54, 1.807) is 7.05 Å². The zero-order valence-corrected chi connectivity index (χ0v) is 16.1. The van der Waals surface area contributed by atoms with Gasteiger partial charge in [-0.3, -0.25) is 9.79 Å². The minimum absolute atomic E-state index is 0.0622. The molecule has 140 valence electrons. The fourth-order valence-electron chi connectivity index (χ4n) is 2.17. The molecule has 6 heteroatoms. The molecule has 0 aliphatic carbocycles. The molecule has 0 aliphatic heterocycles. The van der Waals surface area contributed by atoms with Crippen LogP contribution in [-0.4, -0.2) is 44.2 Å². The maximum atomic E-state index is 12.3. The Bertz CT molecular complexity index is 565. The monoisotopic (exact) mass is 348 g/mol. The number of nitrogens with zero attached hydrogens (tertiary/aromatic N) is 1. The van der Waals surface area contributed by atoms with Gasteiger partial charge in [-0.15, -0.1) is 0 Å². The van der Waals surface area contributed by atoms with Crippen molar-refractivity contribution in [2.75, 3.05) is 26.8 Å². The Morgan fingerprint density at radius 3 is 2.64 bits per heavy atom. The van der Waals surface area contributed by atoms with Crippen molar-refractivity contribution in [1.82, 2.24) is 16.0 Å². The highest BCUT2D eigenvalue weighted by Crippen LogP contribution is 2.08. The zero-order valence-electron chi connectivity index (χ0n) is 16.1. The third-order valence-electron chi connectivity index (χ3n) is 3.32. The Balaban J connectivity index is 2.51. The summed E-state index contributed by atoms with van der Waals surface area (Å²) in [6.45, 7) is 10.8. The third kappa shape index (κ3) is 9.10. The van der Waals surface area contributed by atoms with Crippen LogP contribution in [0.5, 0.6) is 0 Å². The van der Waals surface area contributed by atoms with E-state index in [1.807, 2.05) is 52.0 Å². The summed E-state index contributed by atoms with van der Waals surface area (Å²) in [6, 6.07) is 7.61. The molecule has 0 radical (unpaired) electrons. The molecule has 3 N–H and O–H groups in total. The van der Waals surface area contributed by atoms with Crippen LogP contribution in [0.15, 0.2) is 29.3 Å². The molecule has 0 aliphatic rings. The number of rotatable bonds is 8. The van der Waals surface area contributed by atoms with Gasteiger partial charge in [0.2, 0.25) is 0 Å². The molecular formula is C19H32N4O2. The number of guanidine groups is 1. The van der Waals surface area contributed by atoms with E-state index in [1.165, 1.54) is 0 Å². The largest absolute Gasteiger partial charge is 0.382 e. The number of hydrogen-bond acceptors (Lipinski definition) is 3. The van der Waals surface area contributed by atoms with Crippen molar-refractivity contribution >= 4 is 11.9 Å². The Kier molecular flexibility index (Phi) is 8.99. The van der Waals surface area contributed by atoms with Crippen molar-refractivity contribution in [3.63, 3.8) is 0 Å². The Morgan fingerprint density at radius 1 is 1.24 bits per heavy atom. The van der Waals surface area contributed by atoms with Crippen LogP contribution in [0.2, 0.25) is 0 Å². The van der Waals surface area contributed by atoms with Crippen molar-refractivity contribution in [3.8, 4) is 0 Å². The highest BCUT2D eigenvalue weighted by atomic mass is 16.5. The highest BCUT2D eigenvalue weighted by molar-refractivity contribution is 5.94. The smallest absolute Gasteiger partial charge is 0.251 e. The average molecular weight is 348 g/mol. The number of nitrogens with one attached hydrogen (secondary N) is 3. The number of hydrogen-bond donors (Lipinski definition) is 3. The molecule has 1 amide bonds. The van der Waals surface area contributed by atoms with Crippen LogP contribution in [0.25, 0.3) is 0 Å². The van der Waals surface area contributed by atoms with Gasteiger partial charge in [0, 0.05) is 44.5 Å². The Labute approximate surface area is 151 Å². The van der Waals surface area contributed by atoms with Crippen LogP contribution in [0, 0.1) is 0 Å². The molecule has 6 nitrogen and oxygen atoms in total. The van der Waals surface area contributed by atoms with Gasteiger partial charge in [-0.2, -0.15) is 0 Å². The quantitative estimate of drug-likeness (QED) is 0.383. The van der Waals surface area contributed by atoms with Crippen molar-refractivity contribution in [3.05, 3.63) is 35.4 Å². The van der Waals surface area contributed by atoms with E-state index in [-0.39, 0.29) is 11.4 Å². The van der Waals surface area contributed by atoms with Crippen molar-refractivity contribution in [2.24, 2.45) is 4.99 Å². The molecule has 0 spiro atoms. The summed E-state index contributed by atoms with van der Waals surface area (Å²) in [4.78, 5) is 16.5. The number of benzene rings is 1. The highest BCUT2D eigenvalue weighted by Gasteiger charge is 2.15. The lowest BCUT2D eigenvalue weighted by molar-refractivity contribution is 0.0919. The first-order chi connectivity index (χ1) is 11.9. The van der Waals surface area contributed by atoms with Crippen molar-refractivity contribution in [2.45, 2.75) is 46.2 Å². The molecule has 1 aromatic rings. The van der Waals surface area contributed by atoms with Crippen LogP contribution in [0.1, 0.15) is 50.0 Å². The van der Waals surface area contributed by atoms with E-state index in [2.05, 4.69) is 20.9 Å². The second-order valence-corrected chi connectivity index (χ2v) is 6.81. The summed E-state index contributed by atoms with van der Waals surface area (Å²) < 4.78 is 5.31. The number of ether oxygens (including phenoxy) is 1. The molecule has 0 saturated heterocycles. The maximum Gasteiger partial charge on any atom is 0.251 e. The first kappa shape index (κ1) is 21.0. The van der Waals surface area contributed by atoms with Gasteiger partial charge in [-0.25, -0.2) is 0 Å². The van der Waals surface area contributed by atoms with E-state index >= 15 is 0 Å². The lowest BCUT2D eigenvalue weighted by atomic mass is 10.1. The first-order valence-corrected chi connectivity index (χ1v) is 8.79. The van der Waals surface area contributed by atoms with Gasteiger partial charge in [0.15, 0.2) is 5.96 Å². The number of amides is 1. The van der Waals surface area contributed by atoms with Crippen LogP contribution in [0.3, 0.4) is 0 Å². The second-order valence-electron chi connectivity index (χ2n) is 6.81. The predicted molar refractivity (Wildman–Crippen MR) is 103 cm³/mol. The van der Waals surface area contributed by atoms with Gasteiger partial charge < -0.3 is 20.7 Å². The van der Waals surface area contributed by atoms with Crippen LogP contribution >= 0.6 is 0 Å². The second kappa shape index (κ2) is 10.7. The van der Waals surface area contributed by atoms with E-state index < -0.39 is 0 Å². The SMILES string of the molecule is CCOCCCNC(=NC)NCc1cccc(C(=O)NC(C)(C)C)c1. The van der Waals surface area contributed by atoms with Crippen LogP contribution in [-0.2, 0) is 11.3 Å². The van der Waals surface area contributed by atoms with Gasteiger partial charge in [0.1, 0.15) is 0 Å². The first-order valence-electron chi connectivity index (χ1n) is 8.79. The van der Waals surface area contributed by atoms with Crippen LogP contribution < -0.4 is 16.0 Å². The van der Waals surface area contributed by atoms with Crippen molar-refractivity contribution in [1.29, 1.82) is 0 Å². The summed E-state index contributed by atoms with van der Waals surface area (Å²) >= 11 is 0. The minimum atomic E-state index is -0.251. The molecule has 1 aromatic carbocycles. The molecule has 0 heterocycles. The summed E-state index contributed by atoms with van der Waals surface area (Å²) in [7, 11) is 1.74. The maximum absolute atomic E-state index is 12.3. The topological polar surface area (TPSA) is 74.8 Å². The fourth-order valence-corrected chi connectivity index (χ4v) is 2.17. The molecule has 0 saturated carbocycles. The van der Waals surface area contributed by atoms with Gasteiger partial charge in [-0.05, 0) is 51.8 Å². The van der Waals surface area contributed by atoms with E-state index in [9.17, 15) is 4.79 Å². The predicted octanol–water partition coefficient (Wildman–Crippen LogP) is 2.31. The molecule has 0 fully saturated rings. The molecular weight excluding hydrogens is 316 g/mol. The molecule has 0 bridgehead atoms. The van der Waals surface area contributed by atoms with Crippen molar-refractivity contribution < 1.29 is 9.53 Å². The normalized spacial score (nSPS) is 12.0. The summed E-state index contributed by atoms with van der Waals surface area (Å²) in [5.74, 6) is 0.675. The zero-order chi connectivity index (χ0) is 18.7. The Hall–Kier alpha value is -2.08. The lowest BCUT2D eigenvalue weighted by Gasteiger charge is -2.20. The average Bonchev–Trinajstić information content (AvgIpc) is 2.56. The van der Waals surface area contributed by atoms with Crippen LogP contribution in [0.4, 0.5) is 0 Å². The van der Waals surface area contributed by atoms with Gasteiger partial charge in [-0.1, -0.05) is 12.1 Å². The molecule has 0 unspecified atom stereocenters. The van der Waals surface area contributed by atoms with Gasteiger partial charge in [0.25, 0.3) is 5.91 Å². The lowest BCUT2D eigenvalue weighted by Crippen LogP contribution is -2.40. The van der Waals surface area contributed by atoms with Gasteiger partial charge in [0.05, 0.1) is 0 Å². The third-order valence-corrected chi connectivity index (χ3v) is 3.32. The fraction of sp³-hybridized carbons (Fsp3) is 0.579. The Morgan fingerprint density at radius 2 is 2.00 bits per heavy atom. The standard InChI is InChI=1S/C19H32N4O2/c1-6-25-12-8-11-21-18(20-5)22-14-15-9-7-10-16(13-15)17(24)23-19(2,3)4/h7,9-10,13H,6,8,11-12,14H2,1-5H3,(H,23,24)(H2,20,21,22). The molecule has 0 aromatic heterocycles. The number of carbonyl (C=O) groups excluding carboxylic acids is 1. The molecule has 0 atom stereocenters. The molecule has 1 rings (SSSR count). The molecule has 25 heavy (non-hydrogen) atoms. The number of carbonyl (C=O) groups is 1. The summed E-state index contributed by atoms with van der Waals surface area (Å²) in [5, 5.41) is 9.48. The van der Waals surface area contributed by atoms with E-state index in [4.69, 9.17) is 4.74 Å². The summed E-state index contributed by atoms with van der Waals surface area (Å²) in [5.41, 5.74) is 1.44. The number of aliphatic imine (C=N–C) groups is 1. The minimum Gasteiger partial charge on any atom is -0.382 e. The van der Waals surface area contributed by atoms with Gasteiger partial charge >= 0.3 is 0 Å². The van der Waals surface area contributed by atoms with E-state index in [0.717, 1.165) is 37.7 Å². The summed E-state index contributed by atoms with van der Waals surface area (Å²) in [6.07, 6.45) is 0.928.